The number of hydrogen-bond acceptors (Lipinski definition) is 3. The van der Waals surface area contributed by atoms with Crippen LogP contribution in [0.2, 0.25) is 0 Å². The van der Waals surface area contributed by atoms with Crippen LogP contribution >= 0.6 is 0 Å². The monoisotopic (exact) mass is 265 g/mol. The topological polar surface area (TPSA) is 48.4 Å². The predicted molar refractivity (Wildman–Crippen MR) is 73.9 cm³/mol. The first-order valence-electron chi connectivity index (χ1n) is 6.48. The van der Waals surface area contributed by atoms with Gasteiger partial charge < -0.3 is 14.9 Å². The van der Waals surface area contributed by atoms with Crippen molar-refractivity contribution < 1.29 is 13.5 Å². The SMILES string of the molecule is COCC(F)(CCCN)c1cc2cccc(C)c2o1. The Balaban J connectivity index is 2.41. The van der Waals surface area contributed by atoms with Crippen molar-refractivity contribution in [2.45, 2.75) is 25.4 Å². The lowest BCUT2D eigenvalue weighted by Crippen LogP contribution is -2.26. The van der Waals surface area contributed by atoms with Gasteiger partial charge in [0.1, 0.15) is 11.3 Å². The Labute approximate surface area is 112 Å². The molecule has 0 amide bonds. The minimum Gasteiger partial charge on any atom is -0.457 e. The summed E-state index contributed by atoms with van der Waals surface area (Å²) < 4.78 is 25.7. The van der Waals surface area contributed by atoms with Crippen molar-refractivity contribution >= 4 is 11.0 Å². The van der Waals surface area contributed by atoms with Crippen LogP contribution in [0.15, 0.2) is 28.7 Å². The van der Waals surface area contributed by atoms with E-state index in [2.05, 4.69) is 0 Å². The van der Waals surface area contributed by atoms with Crippen LogP contribution < -0.4 is 5.73 Å². The lowest BCUT2D eigenvalue weighted by Gasteiger charge is -2.21. The number of halogens is 1. The quantitative estimate of drug-likeness (QED) is 0.871. The minimum atomic E-state index is -1.61. The number of ether oxygens (including phenoxy) is 1. The van der Waals surface area contributed by atoms with Gasteiger partial charge in [0.15, 0.2) is 5.67 Å². The smallest absolute Gasteiger partial charge is 0.191 e. The van der Waals surface area contributed by atoms with E-state index >= 15 is 4.39 Å². The number of para-hydroxylation sites is 1. The van der Waals surface area contributed by atoms with Crippen LogP contribution in [0.1, 0.15) is 24.2 Å². The average molecular weight is 265 g/mol. The van der Waals surface area contributed by atoms with Crippen molar-refractivity contribution in [3.63, 3.8) is 0 Å². The maximum absolute atomic E-state index is 15.0. The van der Waals surface area contributed by atoms with Gasteiger partial charge in [-0.1, -0.05) is 18.2 Å². The fourth-order valence-corrected chi connectivity index (χ4v) is 2.31. The lowest BCUT2D eigenvalue weighted by atomic mass is 9.97. The van der Waals surface area contributed by atoms with Gasteiger partial charge in [0.2, 0.25) is 0 Å². The molecule has 2 aromatic rings. The highest BCUT2D eigenvalue weighted by atomic mass is 19.1. The van der Waals surface area contributed by atoms with E-state index in [0.717, 1.165) is 16.5 Å². The van der Waals surface area contributed by atoms with Crippen LogP contribution in [0.4, 0.5) is 4.39 Å². The largest absolute Gasteiger partial charge is 0.457 e. The van der Waals surface area contributed by atoms with E-state index in [1.807, 2.05) is 25.1 Å². The van der Waals surface area contributed by atoms with Crippen molar-refractivity contribution in [1.29, 1.82) is 0 Å². The van der Waals surface area contributed by atoms with E-state index in [1.165, 1.54) is 7.11 Å². The summed E-state index contributed by atoms with van der Waals surface area (Å²) in [6.07, 6.45) is 0.895. The van der Waals surface area contributed by atoms with E-state index in [1.54, 1.807) is 6.07 Å². The Morgan fingerprint density at radius 2 is 2.21 bits per heavy atom. The first kappa shape index (κ1) is 14.0. The van der Waals surface area contributed by atoms with Gasteiger partial charge >= 0.3 is 0 Å². The van der Waals surface area contributed by atoms with Crippen LogP contribution in [-0.2, 0) is 10.4 Å². The fraction of sp³-hybridized carbons (Fsp3) is 0.467. The molecule has 3 nitrogen and oxygen atoms in total. The molecule has 0 aliphatic rings. The molecule has 2 rings (SSSR count). The highest BCUT2D eigenvalue weighted by Gasteiger charge is 2.35. The van der Waals surface area contributed by atoms with Crippen LogP contribution in [0, 0.1) is 6.92 Å². The summed E-state index contributed by atoms with van der Waals surface area (Å²) in [5, 5.41) is 0.917. The van der Waals surface area contributed by atoms with Gasteiger partial charge in [0.05, 0.1) is 6.61 Å². The van der Waals surface area contributed by atoms with Gasteiger partial charge in [-0.3, -0.25) is 0 Å². The first-order valence-corrected chi connectivity index (χ1v) is 6.48. The Kier molecular flexibility index (Phi) is 4.22. The summed E-state index contributed by atoms with van der Waals surface area (Å²) in [4.78, 5) is 0. The molecule has 104 valence electrons. The molecule has 0 bridgehead atoms. The molecule has 1 unspecified atom stereocenters. The number of fused-ring (bicyclic) bond motifs is 1. The number of nitrogens with two attached hydrogens (primary N) is 1. The van der Waals surface area contributed by atoms with Crippen molar-refractivity contribution in [2.24, 2.45) is 5.73 Å². The molecule has 0 aliphatic heterocycles. The third-order valence-corrected chi connectivity index (χ3v) is 3.33. The van der Waals surface area contributed by atoms with Crippen molar-refractivity contribution in [3.05, 3.63) is 35.6 Å². The molecule has 2 N–H and O–H groups in total. The molecule has 4 heteroatoms. The number of alkyl halides is 1. The Morgan fingerprint density at radius 3 is 2.84 bits per heavy atom. The lowest BCUT2D eigenvalue weighted by molar-refractivity contribution is 0.0152. The fourth-order valence-electron chi connectivity index (χ4n) is 2.31. The molecular weight excluding hydrogens is 245 g/mol. The van der Waals surface area contributed by atoms with Gasteiger partial charge in [-0.25, -0.2) is 4.39 Å². The summed E-state index contributed by atoms with van der Waals surface area (Å²) in [6, 6.07) is 7.57. The van der Waals surface area contributed by atoms with E-state index in [9.17, 15) is 0 Å². The second kappa shape index (κ2) is 5.72. The van der Waals surface area contributed by atoms with Crippen molar-refractivity contribution in [3.8, 4) is 0 Å². The van der Waals surface area contributed by atoms with Crippen LogP contribution in [0.5, 0.6) is 0 Å². The molecule has 1 atom stereocenters. The van der Waals surface area contributed by atoms with E-state index in [0.29, 0.717) is 25.1 Å². The summed E-state index contributed by atoms with van der Waals surface area (Å²) in [5.74, 6) is 0.326. The molecule has 1 aromatic carbocycles. The third-order valence-electron chi connectivity index (χ3n) is 3.33. The van der Waals surface area contributed by atoms with Gasteiger partial charge in [-0.15, -0.1) is 0 Å². The number of methoxy groups -OCH3 is 1. The maximum Gasteiger partial charge on any atom is 0.191 e. The third kappa shape index (κ3) is 2.80. The maximum atomic E-state index is 15.0. The Hall–Kier alpha value is -1.39. The molecule has 19 heavy (non-hydrogen) atoms. The molecule has 1 heterocycles. The average Bonchev–Trinajstić information content (AvgIpc) is 2.83. The second-order valence-electron chi connectivity index (χ2n) is 4.89. The van der Waals surface area contributed by atoms with Gasteiger partial charge in [0.25, 0.3) is 0 Å². The normalized spacial score (nSPS) is 14.7. The standard InChI is InChI=1S/C15H20FNO2/c1-11-5-3-6-12-9-13(19-14(11)12)15(16,10-18-2)7-4-8-17/h3,5-6,9H,4,7-8,10,17H2,1-2H3. The molecule has 0 saturated heterocycles. The summed E-state index contributed by atoms with van der Waals surface area (Å²) in [7, 11) is 1.49. The van der Waals surface area contributed by atoms with Crippen molar-refractivity contribution in [2.75, 3.05) is 20.3 Å². The molecule has 0 fully saturated rings. The highest BCUT2D eigenvalue weighted by molar-refractivity contribution is 5.81. The van der Waals surface area contributed by atoms with E-state index < -0.39 is 5.67 Å². The molecule has 0 aliphatic carbocycles. The molecule has 0 spiro atoms. The zero-order valence-corrected chi connectivity index (χ0v) is 11.4. The molecular formula is C15H20FNO2. The van der Waals surface area contributed by atoms with Crippen LogP contribution in [0.3, 0.4) is 0 Å². The van der Waals surface area contributed by atoms with Gasteiger partial charge in [-0.05, 0) is 37.9 Å². The number of hydrogen-bond donors (Lipinski definition) is 1. The Bertz CT molecular complexity index is 552. The van der Waals surface area contributed by atoms with Gasteiger partial charge in [-0.2, -0.15) is 0 Å². The van der Waals surface area contributed by atoms with Crippen molar-refractivity contribution in [1.82, 2.24) is 0 Å². The first-order chi connectivity index (χ1) is 9.10. The highest BCUT2D eigenvalue weighted by Crippen LogP contribution is 2.36. The summed E-state index contributed by atoms with van der Waals surface area (Å²) in [5.41, 5.74) is 5.60. The molecule has 0 saturated carbocycles. The van der Waals surface area contributed by atoms with Crippen LogP contribution in [0.25, 0.3) is 11.0 Å². The number of rotatable bonds is 6. The predicted octanol–water partition coefficient (Wildman–Crippen LogP) is 3.29. The number of benzene rings is 1. The Morgan fingerprint density at radius 1 is 1.42 bits per heavy atom. The number of furan rings is 1. The van der Waals surface area contributed by atoms with E-state index in [-0.39, 0.29) is 6.61 Å². The second-order valence-corrected chi connectivity index (χ2v) is 4.89. The summed E-state index contributed by atoms with van der Waals surface area (Å²) in [6.45, 7) is 2.38. The summed E-state index contributed by atoms with van der Waals surface area (Å²) >= 11 is 0. The van der Waals surface area contributed by atoms with Crippen LogP contribution in [-0.4, -0.2) is 20.3 Å². The van der Waals surface area contributed by atoms with E-state index in [4.69, 9.17) is 14.9 Å². The zero-order valence-electron chi connectivity index (χ0n) is 11.4. The van der Waals surface area contributed by atoms with Gasteiger partial charge in [0, 0.05) is 12.5 Å². The minimum absolute atomic E-state index is 0.0220. The molecule has 0 radical (unpaired) electrons. The molecule has 1 aromatic heterocycles. The number of aryl methyl sites for hydroxylation is 1. The zero-order chi connectivity index (χ0) is 13.9.